The summed E-state index contributed by atoms with van der Waals surface area (Å²) in [5.41, 5.74) is 8.51. The van der Waals surface area contributed by atoms with E-state index in [1.807, 2.05) is 24.3 Å². The van der Waals surface area contributed by atoms with Crippen LogP contribution in [0.3, 0.4) is 0 Å². The highest BCUT2D eigenvalue weighted by Crippen LogP contribution is 2.33. The molecule has 0 saturated carbocycles. The molecule has 0 aliphatic heterocycles. The Morgan fingerprint density at radius 3 is 2.69 bits per heavy atom. The summed E-state index contributed by atoms with van der Waals surface area (Å²) >= 11 is 11.0. The largest absolute Gasteiger partial charge is 0.320 e. The number of halogens is 2. The van der Waals surface area contributed by atoms with Crippen LogP contribution in [0.4, 0.5) is 0 Å². The number of nitrogens with two attached hydrogens (primary N) is 1. The minimum atomic E-state index is -0.119. The molecule has 2 aromatic rings. The van der Waals surface area contributed by atoms with Crippen molar-refractivity contribution in [2.24, 2.45) is 5.73 Å². The second-order valence-electron chi connectivity index (χ2n) is 3.60. The fraction of sp³-hybridized carbons (Fsp3) is 0.167. The Morgan fingerprint density at radius 2 is 2.06 bits per heavy atom. The summed E-state index contributed by atoms with van der Waals surface area (Å²) in [4.78, 5) is 1.08. The lowest BCUT2D eigenvalue weighted by Gasteiger charge is -2.13. The Labute approximate surface area is 112 Å². The Kier molecular flexibility index (Phi) is 3.70. The molecule has 1 heterocycles. The summed E-state index contributed by atoms with van der Waals surface area (Å²) in [6.45, 7) is 2.06. The first-order chi connectivity index (χ1) is 7.59. The molecule has 1 nitrogen and oxygen atoms in total. The van der Waals surface area contributed by atoms with Crippen LogP contribution < -0.4 is 5.73 Å². The minimum absolute atomic E-state index is 0.119. The van der Waals surface area contributed by atoms with Gasteiger partial charge in [0.2, 0.25) is 0 Å². The van der Waals surface area contributed by atoms with Gasteiger partial charge in [0.25, 0.3) is 0 Å². The standard InChI is InChI=1S/C12H11BrClNS/c1-7-3-2-4-8(11(7)13)12(15)9-5-6-10(14)16-9/h2-6,12H,15H2,1H3. The van der Waals surface area contributed by atoms with E-state index in [9.17, 15) is 0 Å². The van der Waals surface area contributed by atoms with Crippen molar-refractivity contribution in [1.82, 2.24) is 0 Å². The molecule has 4 heteroatoms. The third kappa shape index (κ3) is 2.33. The van der Waals surface area contributed by atoms with Crippen molar-refractivity contribution in [3.8, 4) is 0 Å². The van der Waals surface area contributed by atoms with Crippen molar-refractivity contribution in [2.75, 3.05) is 0 Å². The Morgan fingerprint density at radius 1 is 1.31 bits per heavy atom. The van der Waals surface area contributed by atoms with Crippen LogP contribution in [-0.4, -0.2) is 0 Å². The molecule has 0 aliphatic rings. The van der Waals surface area contributed by atoms with Crippen molar-refractivity contribution in [1.29, 1.82) is 0 Å². The van der Waals surface area contributed by atoms with Crippen LogP contribution >= 0.6 is 38.9 Å². The van der Waals surface area contributed by atoms with Gasteiger partial charge < -0.3 is 5.73 Å². The molecule has 16 heavy (non-hydrogen) atoms. The molecule has 0 saturated heterocycles. The van der Waals surface area contributed by atoms with Gasteiger partial charge in [-0.15, -0.1) is 11.3 Å². The van der Waals surface area contributed by atoms with Crippen molar-refractivity contribution >= 4 is 38.9 Å². The van der Waals surface area contributed by atoms with E-state index in [0.29, 0.717) is 0 Å². The van der Waals surface area contributed by atoms with Crippen molar-refractivity contribution in [3.05, 3.63) is 55.1 Å². The zero-order valence-electron chi connectivity index (χ0n) is 8.71. The molecular formula is C12H11BrClNS. The summed E-state index contributed by atoms with van der Waals surface area (Å²) in [7, 11) is 0. The molecule has 1 unspecified atom stereocenters. The number of thiophene rings is 1. The van der Waals surface area contributed by atoms with Crippen LogP contribution in [0.1, 0.15) is 22.0 Å². The fourth-order valence-electron chi connectivity index (χ4n) is 1.56. The Balaban J connectivity index is 2.41. The van der Waals surface area contributed by atoms with Gasteiger partial charge in [0, 0.05) is 9.35 Å². The highest BCUT2D eigenvalue weighted by atomic mass is 79.9. The van der Waals surface area contributed by atoms with Crippen LogP contribution in [0.15, 0.2) is 34.8 Å². The average Bonchev–Trinajstić information content (AvgIpc) is 2.68. The zero-order valence-corrected chi connectivity index (χ0v) is 11.9. The van der Waals surface area contributed by atoms with E-state index in [4.69, 9.17) is 17.3 Å². The van der Waals surface area contributed by atoms with Gasteiger partial charge in [-0.05, 0) is 30.2 Å². The Bertz CT molecular complexity index is 509. The molecule has 0 spiro atoms. The van der Waals surface area contributed by atoms with Gasteiger partial charge in [0.15, 0.2) is 0 Å². The summed E-state index contributed by atoms with van der Waals surface area (Å²) < 4.78 is 1.85. The van der Waals surface area contributed by atoms with E-state index in [-0.39, 0.29) is 6.04 Å². The molecule has 2 rings (SSSR count). The minimum Gasteiger partial charge on any atom is -0.320 e. The molecule has 2 N–H and O–H groups in total. The first-order valence-electron chi connectivity index (χ1n) is 4.85. The van der Waals surface area contributed by atoms with Crippen LogP contribution in [-0.2, 0) is 0 Å². The SMILES string of the molecule is Cc1cccc(C(N)c2ccc(Cl)s2)c1Br. The predicted octanol–water partition coefficient (Wildman–Crippen LogP) is 4.52. The highest BCUT2D eigenvalue weighted by Gasteiger charge is 2.14. The zero-order chi connectivity index (χ0) is 11.7. The Hall–Kier alpha value is -0.350. The molecule has 1 atom stereocenters. The van der Waals surface area contributed by atoms with Gasteiger partial charge in [-0.2, -0.15) is 0 Å². The maximum atomic E-state index is 6.22. The summed E-state index contributed by atoms with van der Waals surface area (Å²) in [5.74, 6) is 0. The highest BCUT2D eigenvalue weighted by molar-refractivity contribution is 9.10. The topological polar surface area (TPSA) is 26.0 Å². The molecule has 0 amide bonds. The quantitative estimate of drug-likeness (QED) is 0.866. The summed E-state index contributed by atoms with van der Waals surface area (Å²) in [5, 5.41) is 0. The van der Waals surface area contributed by atoms with Crippen LogP contribution in [0.2, 0.25) is 4.34 Å². The van der Waals surface area contributed by atoms with E-state index >= 15 is 0 Å². The van der Waals surface area contributed by atoms with E-state index in [1.165, 1.54) is 16.9 Å². The molecule has 0 fully saturated rings. The molecule has 1 aromatic carbocycles. The smallest absolute Gasteiger partial charge is 0.0931 e. The fourth-order valence-corrected chi connectivity index (χ4v) is 3.15. The number of hydrogen-bond acceptors (Lipinski definition) is 2. The van der Waals surface area contributed by atoms with Crippen LogP contribution in [0.5, 0.6) is 0 Å². The normalized spacial score (nSPS) is 12.8. The van der Waals surface area contributed by atoms with E-state index in [2.05, 4.69) is 28.9 Å². The lowest BCUT2D eigenvalue weighted by atomic mass is 10.0. The maximum Gasteiger partial charge on any atom is 0.0931 e. The van der Waals surface area contributed by atoms with Gasteiger partial charge in [0.1, 0.15) is 0 Å². The maximum absolute atomic E-state index is 6.22. The van der Waals surface area contributed by atoms with Crippen molar-refractivity contribution in [2.45, 2.75) is 13.0 Å². The number of hydrogen-bond donors (Lipinski definition) is 1. The molecular weight excluding hydrogens is 306 g/mol. The van der Waals surface area contributed by atoms with Crippen LogP contribution in [0.25, 0.3) is 0 Å². The summed E-state index contributed by atoms with van der Waals surface area (Å²) in [6.07, 6.45) is 0. The first kappa shape index (κ1) is 12.1. The lowest BCUT2D eigenvalue weighted by Crippen LogP contribution is -2.11. The van der Waals surface area contributed by atoms with Crippen molar-refractivity contribution in [3.63, 3.8) is 0 Å². The van der Waals surface area contributed by atoms with Gasteiger partial charge >= 0.3 is 0 Å². The average molecular weight is 317 g/mol. The monoisotopic (exact) mass is 315 g/mol. The van der Waals surface area contributed by atoms with Gasteiger partial charge in [0.05, 0.1) is 10.4 Å². The third-order valence-corrected chi connectivity index (χ3v) is 4.85. The lowest BCUT2D eigenvalue weighted by molar-refractivity contribution is 0.885. The van der Waals surface area contributed by atoms with Crippen molar-refractivity contribution < 1.29 is 0 Å². The molecule has 0 bridgehead atoms. The molecule has 0 aliphatic carbocycles. The van der Waals surface area contributed by atoms with Gasteiger partial charge in [-0.25, -0.2) is 0 Å². The molecule has 84 valence electrons. The predicted molar refractivity (Wildman–Crippen MR) is 74.2 cm³/mol. The van der Waals surface area contributed by atoms with Gasteiger partial charge in [-0.1, -0.05) is 45.7 Å². The van der Waals surface area contributed by atoms with Crippen LogP contribution in [0, 0.1) is 6.92 Å². The molecule has 0 radical (unpaired) electrons. The van der Waals surface area contributed by atoms with E-state index in [1.54, 1.807) is 0 Å². The number of rotatable bonds is 2. The number of benzene rings is 1. The van der Waals surface area contributed by atoms with Gasteiger partial charge in [-0.3, -0.25) is 0 Å². The second kappa shape index (κ2) is 4.88. The molecule has 1 aromatic heterocycles. The third-order valence-electron chi connectivity index (χ3n) is 2.46. The van der Waals surface area contributed by atoms with E-state index in [0.717, 1.165) is 19.2 Å². The first-order valence-corrected chi connectivity index (χ1v) is 6.84. The second-order valence-corrected chi connectivity index (χ2v) is 6.14. The summed E-state index contributed by atoms with van der Waals surface area (Å²) in [6, 6.07) is 9.85. The van der Waals surface area contributed by atoms with E-state index < -0.39 is 0 Å². The number of aryl methyl sites for hydroxylation is 1.